The van der Waals surface area contributed by atoms with E-state index in [1.165, 1.54) is 14.0 Å². The number of aliphatic carboxylic acids is 1. The predicted octanol–water partition coefficient (Wildman–Crippen LogP) is 0.280. The second-order valence-corrected chi connectivity index (χ2v) is 3.95. The summed E-state index contributed by atoms with van der Waals surface area (Å²) in [6.07, 6.45) is 2.03. The normalized spacial score (nSPS) is 21.5. The van der Waals surface area contributed by atoms with Crippen molar-refractivity contribution in [3.8, 4) is 0 Å². The Bertz CT molecular complexity index is 264. The Morgan fingerprint density at radius 3 is 2.81 bits per heavy atom. The highest BCUT2D eigenvalue weighted by atomic mass is 16.5. The third-order valence-corrected chi connectivity index (χ3v) is 2.76. The SMILES string of the molecule is CC(C(=O)O)N(C)C(=O)NCC1CCCO1. The van der Waals surface area contributed by atoms with Gasteiger partial charge in [0, 0.05) is 20.2 Å². The number of carboxylic acid groups (broad SMARTS) is 1. The van der Waals surface area contributed by atoms with E-state index < -0.39 is 12.0 Å². The van der Waals surface area contributed by atoms with E-state index in [-0.39, 0.29) is 12.1 Å². The number of ether oxygens (including phenoxy) is 1. The minimum Gasteiger partial charge on any atom is -0.480 e. The summed E-state index contributed by atoms with van der Waals surface area (Å²) >= 11 is 0. The minimum absolute atomic E-state index is 0.0671. The third kappa shape index (κ3) is 3.37. The number of hydrogen-bond acceptors (Lipinski definition) is 3. The summed E-state index contributed by atoms with van der Waals surface area (Å²) in [6.45, 7) is 2.64. The third-order valence-electron chi connectivity index (χ3n) is 2.76. The molecular weight excluding hydrogens is 212 g/mol. The zero-order chi connectivity index (χ0) is 12.1. The Balaban J connectivity index is 2.30. The molecule has 6 nitrogen and oxygen atoms in total. The average molecular weight is 230 g/mol. The first-order chi connectivity index (χ1) is 7.52. The van der Waals surface area contributed by atoms with Gasteiger partial charge in [0.25, 0.3) is 0 Å². The Kier molecular flexibility index (Phi) is 4.54. The van der Waals surface area contributed by atoms with Crippen LogP contribution in [0.15, 0.2) is 0 Å². The summed E-state index contributed by atoms with van der Waals surface area (Å²) in [4.78, 5) is 23.4. The minimum atomic E-state index is -1.02. The van der Waals surface area contributed by atoms with Crippen LogP contribution in [0.5, 0.6) is 0 Å². The van der Waals surface area contributed by atoms with E-state index in [0.717, 1.165) is 24.3 Å². The van der Waals surface area contributed by atoms with E-state index in [4.69, 9.17) is 9.84 Å². The standard InChI is InChI=1S/C10H18N2O4/c1-7(9(13)14)12(2)10(15)11-6-8-4-3-5-16-8/h7-8H,3-6H2,1-2H3,(H,11,15)(H,13,14). The van der Waals surface area contributed by atoms with Crippen LogP contribution in [0.4, 0.5) is 4.79 Å². The fourth-order valence-corrected chi connectivity index (χ4v) is 1.47. The lowest BCUT2D eigenvalue weighted by molar-refractivity contribution is -0.141. The number of carbonyl (C=O) groups is 2. The van der Waals surface area contributed by atoms with Crippen molar-refractivity contribution in [2.24, 2.45) is 0 Å². The first kappa shape index (κ1) is 12.8. The highest BCUT2D eigenvalue weighted by molar-refractivity contribution is 5.82. The van der Waals surface area contributed by atoms with E-state index in [9.17, 15) is 9.59 Å². The zero-order valence-electron chi connectivity index (χ0n) is 9.60. The number of nitrogens with zero attached hydrogens (tertiary/aromatic N) is 1. The molecule has 1 rings (SSSR count). The second-order valence-electron chi connectivity index (χ2n) is 3.95. The number of likely N-dealkylation sites (N-methyl/N-ethyl adjacent to an activating group) is 1. The monoisotopic (exact) mass is 230 g/mol. The lowest BCUT2D eigenvalue weighted by Gasteiger charge is -2.22. The number of amides is 2. The fraction of sp³-hybridized carbons (Fsp3) is 0.800. The molecule has 1 fully saturated rings. The molecule has 1 heterocycles. The largest absolute Gasteiger partial charge is 0.480 e. The van der Waals surface area contributed by atoms with Crippen molar-refractivity contribution in [3.63, 3.8) is 0 Å². The van der Waals surface area contributed by atoms with E-state index in [2.05, 4.69) is 5.32 Å². The smallest absolute Gasteiger partial charge is 0.326 e. The maximum absolute atomic E-state index is 11.5. The fourth-order valence-electron chi connectivity index (χ4n) is 1.47. The van der Waals surface area contributed by atoms with Crippen molar-refractivity contribution in [3.05, 3.63) is 0 Å². The second kappa shape index (κ2) is 5.69. The van der Waals surface area contributed by atoms with Crippen molar-refractivity contribution in [1.82, 2.24) is 10.2 Å². The van der Waals surface area contributed by atoms with Crippen molar-refractivity contribution in [2.75, 3.05) is 20.2 Å². The predicted molar refractivity (Wildman–Crippen MR) is 57.2 cm³/mol. The summed E-state index contributed by atoms with van der Waals surface area (Å²) in [6, 6.07) is -1.21. The first-order valence-electron chi connectivity index (χ1n) is 5.37. The molecule has 92 valence electrons. The van der Waals surface area contributed by atoms with Gasteiger partial charge in [-0.05, 0) is 19.8 Å². The van der Waals surface area contributed by atoms with Crippen LogP contribution in [0.3, 0.4) is 0 Å². The molecule has 0 radical (unpaired) electrons. The zero-order valence-corrected chi connectivity index (χ0v) is 9.60. The van der Waals surface area contributed by atoms with Crippen LogP contribution in [-0.2, 0) is 9.53 Å². The quantitative estimate of drug-likeness (QED) is 0.727. The summed E-state index contributed by atoms with van der Waals surface area (Å²) in [5.74, 6) is -1.02. The van der Waals surface area contributed by atoms with Gasteiger partial charge in [-0.2, -0.15) is 0 Å². The van der Waals surface area contributed by atoms with E-state index in [1.807, 2.05) is 0 Å². The molecule has 2 atom stereocenters. The molecule has 6 heteroatoms. The molecule has 0 saturated carbocycles. The summed E-state index contributed by atoms with van der Waals surface area (Å²) in [5, 5.41) is 11.4. The van der Waals surface area contributed by atoms with Gasteiger partial charge in [0.2, 0.25) is 0 Å². The van der Waals surface area contributed by atoms with Crippen LogP contribution in [0.25, 0.3) is 0 Å². The van der Waals surface area contributed by atoms with Crippen LogP contribution in [-0.4, -0.2) is 54.4 Å². The first-order valence-corrected chi connectivity index (χ1v) is 5.37. The van der Waals surface area contributed by atoms with Gasteiger partial charge in [0.1, 0.15) is 6.04 Å². The molecule has 2 N–H and O–H groups in total. The van der Waals surface area contributed by atoms with Gasteiger partial charge in [0.05, 0.1) is 6.10 Å². The van der Waals surface area contributed by atoms with Gasteiger partial charge < -0.3 is 20.1 Å². The molecule has 0 spiro atoms. The van der Waals surface area contributed by atoms with Crippen LogP contribution in [0, 0.1) is 0 Å². The maximum Gasteiger partial charge on any atom is 0.326 e. The molecule has 0 aromatic rings. The molecule has 2 amide bonds. The molecule has 16 heavy (non-hydrogen) atoms. The Morgan fingerprint density at radius 1 is 1.62 bits per heavy atom. The molecule has 0 aliphatic carbocycles. The van der Waals surface area contributed by atoms with Gasteiger partial charge >= 0.3 is 12.0 Å². The number of urea groups is 1. The number of rotatable bonds is 4. The van der Waals surface area contributed by atoms with Crippen LogP contribution in [0.2, 0.25) is 0 Å². The number of hydrogen-bond donors (Lipinski definition) is 2. The van der Waals surface area contributed by atoms with Crippen molar-refractivity contribution in [2.45, 2.75) is 31.9 Å². The summed E-state index contributed by atoms with van der Waals surface area (Å²) in [5.41, 5.74) is 0. The molecule has 0 bridgehead atoms. The Hall–Kier alpha value is -1.30. The lowest BCUT2D eigenvalue weighted by Crippen LogP contribution is -2.47. The molecule has 0 aromatic heterocycles. The van der Waals surface area contributed by atoms with E-state index >= 15 is 0 Å². The van der Waals surface area contributed by atoms with E-state index in [1.54, 1.807) is 0 Å². The molecular formula is C10H18N2O4. The van der Waals surface area contributed by atoms with Gasteiger partial charge in [-0.1, -0.05) is 0 Å². The van der Waals surface area contributed by atoms with Crippen LogP contribution < -0.4 is 5.32 Å². The number of carboxylic acids is 1. The van der Waals surface area contributed by atoms with E-state index in [0.29, 0.717) is 6.54 Å². The van der Waals surface area contributed by atoms with Gasteiger partial charge in [0.15, 0.2) is 0 Å². The number of carbonyl (C=O) groups excluding carboxylic acids is 1. The highest BCUT2D eigenvalue weighted by Gasteiger charge is 2.23. The van der Waals surface area contributed by atoms with Crippen molar-refractivity contribution in [1.29, 1.82) is 0 Å². The van der Waals surface area contributed by atoms with Crippen LogP contribution >= 0.6 is 0 Å². The van der Waals surface area contributed by atoms with Crippen molar-refractivity contribution >= 4 is 12.0 Å². The lowest BCUT2D eigenvalue weighted by atomic mass is 10.2. The van der Waals surface area contributed by atoms with Gasteiger partial charge in [-0.3, -0.25) is 0 Å². The Labute approximate surface area is 94.6 Å². The molecule has 1 saturated heterocycles. The summed E-state index contributed by atoms with van der Waals surface area (Å²) in [7, 11) is 1.46. The molecule has 0 aromatic carbocycles. The maximum atomic E-state index is 11.5. The topological polar surface area (TPSA) is 78.9 Å². The molecule has 2 unspecified atom stereocenters. The molecule has 1 aliphatic heterocycles. The summed E-state index contributed by atoms with van der Waals surface area (Å²) < 4.78 is 5.34. The molecule has 1 aliphatic rings. The van der Waals surface area contributed by atoms with Crippen LogP contribution in [0.1, 0.15) is 19.8 Å². The Morgan fingerprint density at radius 2 is 2.31 bits per heavy atom. The highest BCUT2D eigenvalue weighted by Crippen LogP contribution is 2.10. The van der Waals surface area contributed by atoms with Crippen molar-refractivity contribution < 1.29 is 19.4 Å². The van der Waals surface area contributed by atoms with Gasteiger partial charge in [-0.25, -0.2) is 9.59 Å². The number of nitrogens with one attached hydrogen (secondary N) is 1. The average Bonchev–Trinajstić information content (AvgIpc) is 2.76. The van der Waals surface area contributed by atoms with Gasteiger partial charge in [-0.15, -0.1) is 0 Å².